The molecule has 0 spiro atoms. The van der Waals surface area contributed by atoms with Gasteiger partial charge in [-0.05, 0) is 12.2 Å². The SMILES string of the molecule is O=CC1=CC2C=C(C(=O)O)OC2C=C1. The highest BCUT2D eigenvalue weighted by Gasteiger charge is 2.30. The van der Waals surface area contributed by atoms with Crippen LogP contribution in [-0.2, 0) is 14.3 Å². The first kappa shape index (κ1) is 8.74. The normalized spacial score (nSPS) is 28.6. The molecule has 0 aromatic heterocycles. The predicted molar refractivity (Wildman–Crippen MR) is 47.4 cm³/mol. The van der Waals surface area contributed by atoms with E-state index in [0.717, 1.165) is 6.29 Å². The van der Waals surface area contributed by atoms with Crippen molar-refractivity contribution in [2.45, 2.75) is 6.10 Å². The van der Waals surface area contributed by atoms with E-state index in [4.69, 9.17) is 9.84 Å². The van der Waals surface area contributed by atoms with Gasteiger partial charge in [0.2, 0.25) is 5.76 Å². The van der Waals surface area contributed by atoms with Gasteiger partial charge in [0, 0.05) is 11.5 Å². The molecule has 2 rings (SSSR count). The maximum atomic E-state index is 10.6. The van der Waals surface area contributed by atoms with Crippen molar-refractivity contribution in [3.05, 3.63) is 35.6 Å². The van der Waals surface area contributed by atoms with Crippen molar-refractivity contribution in [1.29, 1.82) is 0 Å². The van der Waals surface area contributed by atoms with E-state index in [1.165, 1.54) is 6.08 Å². The maximum absolute atomic E-state index is 10.6. The van der Waals surface area contributed by atoms with Gasteiger partial charge in [-0.3, -0.25) is 4.79 Å². The zero-order valence-electron chi connectivity index (χ0n) is 7.21. The molecule has 14 heavy (non-hydrogen) atoms. The Morgan fingerprint density at radius 1 is 1.50 bits per heavy atom. The van der Waals surface area contributed by atoms with Gasteiger partial charge in [-0.25, -0.2) is 4.79 Å². The van der Waals surface area contributed by atoms with Crippen LogP contribution in [0.3, 0.4) is 0 Å². The summed E-state index contributed by atoms with van der Waals surface area (Å²) in [6.45, 7) is 0. The largest absolute Gasteiger partial charge is 0.478 e. The Bertz CT molecular complexity index is 376. The lowest BCUT2D eigenvalue weighted by Crippen LogP contribution is -2.16. The van der Waals surface area contributed by atoms with Crippen LogP contribution in [0.4, 0.5) is 0 Å². The zero-order chi connectivity index (χ0) is 10.1. The topological polar surface area (TPSA) is 63.6 Å². The van der Waals surface area contributed by atoms with Gasteiger partial charge in [0.25, 0.3) is 0 Å². The monoisotopic (exact) mass is 192 g/mol. The van der Waals surface area contributed by atoms with Gasteiger partial charge in [-0.1, -0.05) is 12.2 Å². The van der Waals surface area contributed by atoms with Crippen LogP contribution >= 0.6 is 0 Å². The minimum absolute atomic E-state index is 0.0481. The van der Waals surface area contributed by atoms with E-state index in [9.17, 15) is 9.59 Å². The highest BCUT2D eigenvalue weighted by Crippen LogP contribution is 2.29. The molecule has 0 bridgehead atoms. The Kier molecular flexibility index (Phi) is 1.96. The third kappa shape index (κ3) is 1.35. The van der Waals surface area contributed by atoms with Gasteiger partial charge < -0.3 is 9.84 Å². The molecule has 0 amide bonds. The number of fused-ring (bicyclic) bond motifs is 1. The highest BCUT2D eigenvalue weighted by atomic mass is 16.5. The van der Waals surface area contributed by atoms with Crippen molar-refractivity contribution in [3.8, 4) is 0 Å². The first-order valence-corrected chi connectivity index (χ1v) is 4.17. The molecule has 72 valence electrons. The molecule has 0 radical (unpaired) electrons. The number of aldehydes is 1. The van der Waals surface area contributed by atoms with Crippen LogP contribution in [0.15, 0.2) is 35.6 Å². The summed E-state index contributed by atoms with van der Waals surface area (Å²) in [5.41, 5.74) is 0.553. The summed E-state index contributed by atoms with van der Waals surface area (Å²) in [6, 6.07) is 0. The van der Waals surface area contributed by atoms with E-state index >= 15 is 0 Å². The number of carboxylic acid groups (broad SMARTS) is 1. The molecule has 0 aromatic carbocycles. The average Bonchev–Trinajstić information content (AvgIpc) is 2.59. The van der Waals surface area contributed by atoms with E-state index in [0.29, 0.717) is 5.57 Å². The van der Waals surface area contributed by atoms with Gasteiger partial charge in [-0.15, -0.1) is 0 Å². The summed E-state index contributed by atoms with van der Waals surface area (Å²) in [5.74, 6) is -1.26. The molecule has 0 saturated heterocycles. The number of carbonyl (C=O) groups is 2. The highest BCUT2D eigenvalue weighted by molar-refractivity contribution is 5.85. The lowest BCUT2D eigenvalue weighted by molar-refractivity contribution is -0.136. The van der Waals surface area contributed by atoms with Crippen molar-refractivity contribution in [1.82, 2.24) is 0 Å². The summed E-state index contributed by atoms with van der Waals surface area (Å²) in [5, 5.41) is 8.68. The number of allylic oxidation sites excluding steroid dienone is 2. The van der Waals surface area contributed by atoms with Crippen molar-refractivity contribution in [2.75, 3.05) is 0 Å². The van der Waals surface area contributed by atoms with Gasteiger partial charge in [0.15, 0.2) is 0 Å². The molecule has 1 N–H and O–H groups in total. The van der Waals surface area contributed by atoms with Crippen LogP contribution in [0.5, 0.6) is 0 Å². The molecule has 1 aliphatic carbocycles. The molecule has 1 aliphatic heterocycles. The summed E-state index contributed by atoms with van der Waals surface area (Å²) < 4.78 is 5.13. The van der Waals surface area contributed by atoms with Crippen LogP contribution < -0.4 is 0 Å². The molecule has 2 atom stereocenters. The lowest BCUT2D eigenvalue weighted by atomic mass is 9.95. The van der Waals surface area contributed by atoms with Crippen molar-refractivity contribution in [3.63, 3.8) is 0 Å². The summed E-state index contributed by atoms with van der Waals surface area (Å²) in [6.07, 6.45) is 7.01. The number of rotatable bonds is 2. The number of hydrogen-bond donors (Lipinski definition) is 1. The summed E-state index contributed by atoms with van der Waals surface area (Å²) in [7, 11) is 0. The Morgan fingerprint density at radius 3 is 2.93 bits per heavy atom. The smallest absolute Gasteiger partial charge is 0.370 e. The number of carboxylic acids is 1. The fraction of sp³-hybridized carbons (Fsp3) is 0.200. The lowest BCUT2D eigenvalue weighted by Gasteiger charge is -2.15. The fourth-order valence-corrected chi connectivity index (χ4v) is 1.53. The standard InChI is InChI=1S/C10H8O4/c11-5-6-1-2-8-7(3-6)4-9(14-8)10(12)13/h1-5,7-8H,(H,12,13). The van der Waals surface area contributed by atoms with Crippen molar-refractivity contribution < 1.29 is 19.4 Å². The molecular weight excluding hydrogens is 184 g/mol. The Balaban J connectivity index is 2.25. The maximum Gasteiger partial charge on any atom is 0.370 e. The molecule has 0 fully saturated rings. The van der Waals surface area contributed by atoms with Crippen LogP contribution in [0, 0.1) is 5.92 Å². The summed E-state index contributed by atoms with van der Waals surface area (Å²) in [4.78, 5) is 21.1. The second-order valence-electron chi connectivity index (χ2n) is 3.14. The number of carbonyl (C=O) groups excluding carboxylic acids is 1. The molecular formula is C10H8O4. The van der Waals surface area contributed by atoms with E-state index in [1.807, 2.05) is 0 Å². The van der Waals surface area contributed by atoms with E-state index in [2.05, 4.69) is 0 Å². The zero-order valence-corrected chi connectivity index (χ0v) is 7.21. The van der Waals surface area contributed by atoms with Crippen LogP contribution in [0.25, 0.3) is 0 Å². The summed E-state index contributed by atoms with van der Waals surface area (Å²) >= 11 is 0. The van der Waals surface area contributed by atoms with Crippen LogP contribution in [0.1, 0.15) is 0 Å². The van der Waals surface area contributed by atoms with Crippen molar-refractivity contribution in [2.24, 2.45) is 5.92 Å². The molecule has 2 aliphatic rings. The molecule has 0 saturated carbocycles. The first-order valence-electron chi connectivity index (χ1n) is 4.17. The van der Waals surface area contributed by atoms with Crippen LogP contribution in [0.2, 0.25) is 0 Å². The number of ether oxygens (including phenoxy) is 1. The first-order chi connectivity index (χ1) is 6.70. The number of aliphatic carboxylic acids is 1. The Hall–Kier alpha value is -1.84. The van der Waals surface area contributed by atoms with Gasteiger partial charge in [0.05, 0.1) is 0 Å². The molecule has 2 unspecified atom stereocenters. The molecule has 4 heteroatoms. The van der Waals surface area contributed by atoms with Gasteiger partial charge >= 0.3 is 5.97 Å². The fourth-order valence-electron chi connectivity index (χ4n) is 1.53. The minimum Gasteiger partial charge on any atom is -0.478 e. The van der Waals surface area contributed by atoms with Crippen molar-refractivity contribution >= 4 is 12.3 Å². The molecule has 4 nitrogen and oxygen atoms in total. The Morgan fingerprint density at radius 2 is 2.29 bits per heavy atom. The van der Waals surface area contributed by atoms with Crippen LogP contribution in [-0.4, -0.2) is 23.5 Å². The van der Waals surface area contributed by atoms with E-state index in [-0.39, 0.29) is 17.8 Å². The average molecular weight is 192 g/mol. The van der Waals surface area contributed by atoms with Gasteiger partial charge in [-0.2, -0.15) is 0 Å². The second-order valence-corrected chi connectivity index (χ2v) is 3.14. The molecule has 0 aromatic rings. The van der Waals surface area contributed by atoms with E-state index in [1.54, 1.807) is 18.2 Å². The predicted octanol–water partition coefficient (Wildman–Crippen LogP) is 0.665. The Labute approximate surface area is 80.2 Å². The van der Waals surface area contributed by atoms with E-state index < -0.39 is 5.97 Å². The van der Waals surface area contributed by atoms with Gasteiger partial charge in [0.1, 0.15) is 12.4 Å². The quantitative estimate of drug-likeness (QED) is 0.653. The molecule has 1 heterocycles. The number of hydrogen-bond acceptors (Lipinski definition) is 3. The third-order valence-electron chi connectivity index (χ3n) is 2.20. The second kappa shape index (κ2) is 3.14. The minimum atomic E-state index is -1.08. The third-order valence-corrected chi connectivity index (χ3v) is 2.20.